The van der Waals surface area contributed by atoms with E-state index in [2.05, 4.69) is 45.0 Å². The van der Waals surface area contributed by atoms with Crippen molar-refractivity contribution in [1.82, 2.24) is 0 Å². The molecule has 0 spiro atoms. The van der Waals surface area contributed by atoms with Crippen LogP contribution < -0.4 is 0 Å². The second-order valence-corrected chi connectivity index (χ2v) is 6.92. The van der Waals surface area contributed by atoms with E-state index in [1.165, 1.54) is 12.0 Å². The molecule has 1 aromatic carbocycles. The maximum atomic E-state index is 11.8. The summed E-state index contributed by atoms with van der Waals surface area (Å²) in [5.74, 6) is 0.669. The molecule has 0 aromatic heterocycles. The predicted octanol–water partition coefficient (Wildman–Crippen LogP) is 4.55. The number of hydrogen-bond donors (Lipinski definition) is 0. The van der Waals surface area contributed by atoms with Gasteiger partial charge in [-0.2, -0.15) is 0 Å². The van der Waals surface area contributed by atoms with Crippen LogP contribution >= 0.6 is 0 Å². The average Bonchev–Trinajstić information content (AvgIpc) is 2.35. The Kier molecular flexibility index (Phi) is 4.85. The minimum atomic E-state index is 0.0108. The van der Waals surface area contributed by atoms with Crippen LogP contribution in [-0.2, 0) is 9.53 Å². The van der Waals surface area contributed by atoms with Crippen molar-refractivity contribution >= 4 is 5.97 Å². The zero-order chi connectivity index (χ0) is 14.6. The minimum absolute atomic E-state index is 0.0108. The summed E-state index contributed by atoms with van der Waals surface area (Å²) in [4.78, 5) is 11.8. The molecule has 0 saturated heterocycles. The fraction of sp³-hybridized carbons (Fsp3) is 0.611. The molecule has 0 heterocycles. The second kappa shape index (κ2) is 6.43. The van der Waals surface area contributed by atoms with E-state index in [9.17, 15) is 4.79 Å². The zero-order valence-electron chi connectivity index (χ0n) is 12.9. The Labute approximate surface area is 122 Å². The Bertz CT molecular complexity index is 432. The van der Waals surface area contributed by atoms with Crippen LogP contribution in [0.4, 0.5) is 0 Å². The fourth-order valence-electron chi connectivity index (χ4n) is 2.82. The van der Waals surface area contributed by atoms with Crippen LogP contribution in [0.5, 0.6) is 0 Å². The van der Waals surface area contributed by atoms with Gasteiger partial charge >= 0.3 is 5.97 Å². The molecular weight excluding hydrogens is 248 g/mol. The number of esters is 1. The molecule has 1 fully saturated rings. The summed E-state index contributed by atoms with van der Waals surface area (Å²) in [5, 5.41) is 0. The average molecular weight is 274 g/mol. The molecule has 2 nitrogen and oxygen atoms in total. The smallest absolute Gasteiger partial charge is 0.308 e. The van der Waals surface area contributed by atoms with Crippen LogP contribution in [0.2, 0.25) is 0 Å². The highest BCUT2D eigenvalue weighted by atomic mass is 16.5. The van der Waals surface area contributed by atoms with Gasteiger partial charge in [0.05, 0.1) is 12.5 Å². The van der Waals surface area contributed by atoms with Crippen molar-refractivity contribution in [1.29, 1.82) is 0 Å². The normalized spacial score (nSPS) is 17.4. The SMILES string of the molecule is C[C@H](CC(C)(C)COC(=O)C1CCC1)c1ccccc1. The summed E-state index contributed by atoms with van der Waals surface area (Å²) in [6.07, 6.45) is 4.22. The molecule has 0 N–H and O–H groups in total. The molecule has 110 valence electrons. The van der Waals surface area contributed by atoms with E-state index in [0.29, 0.717) is 12.5 Å². The van der Waals surface area contributed by atoms with Crippen LogP contribution in [0.25, 0.3) is 0 Å². The first-order chi connectivity index (χ1) is 9.48. The topological polar surface area (TPSA) is 26.3 Å². The molecular formula is C18H26O2. The highest BCUT2D eigenvalue weighted by molar-refractivity contribution is 5.73. The Balaban J connectivity index is 1.82. The van der Waals surface area contributed by atoms with Gasteiger partial charge in [-0.05, 0) is 36.2 Å². The zero-order valence-corrected chi connectivity index (χ0v) is 12.9. The van der Waals surface area contributed by atoms with Gasteiger partial charge in [0.25, 0.3) is 0 Å². The Morgan fingerprint density at radius 2 is 1.95 bits per heavy atom. The lowest BCUT2D eigenvalue weighted by atomic mass is 9.81. The van der Waals surface area contributed by atoms with Crippen molar-refractivity contribution in [3.8, 4) is 0 Å². The molecule has 0 aliphatic heterocycles. The monoisotopic (exact) mass is 274 g/mol. The molecule has 2 rings (SSSR count). The van der Waals surface area contributed by atoms with Crippen molar-refractivity contribution in [3.63, 3.8) is 0 Å². The highest BCUT2D eigenvalue weighted by Crippen LogP contribution is 2.33. The van der Waals surface area contributed by atoms with Crippen molar-refractivity contribution in [2.45, 2.75) is 52.4 Å². The van der Waals surface area contributed by atoms with Crippen LogP contribution in [-0.4, -0.2) is 12.6 Å². The van der Waals surface area contributed by atoms with Crippen LogP contribution in [0.3, 0.4) is 0 Å². The lowest BCUT2D eigenvalue weighted by molar-refractivity contribution is -0.154. The first kappa shape index (κ1) is 15.1. The van der Waals surface area contributed by atoms with Crippen LogP contribution in [0.1, 0.15) is 57.9 Å². The van der Waals surface area contributed by atoms with E-state index in [4.69, 9.17) is 4.74 Å². The van der Waals surface area contributed by atoms with Gasteiger partial charge in [-0.3, -0.25) is 4.79 Å². The fourth-order valence-corrected chi connectivity index (χ4v) is 2.82. The molecule has 1 aromatic rings. The summed E-state index contributed by atoms with van der Waals surface area (Å²) in [6, 6.07) is 10.5. The highest BCUT2D eigenvalue weighted by Gasteiger charge is 2.29. The van der Waals surface area contributed by atoms with Crippen molar-refractivity contribution in [3.05, 3.63) is 35.9 Å². The number of carbonyl (C=O) groups excluding carboxylic acids is 1. The third kappa shape index (κ3) is 4.09. The number of hydrogen-bond acceptors (Lipinski definition) is 2. The summed E-state index contributed by atoms with van der Waals surface area (Å²) < 4.78 is 5.51. The van der Waals surface area contributed by atoms with Gasteiger partial charge in [0.15, 0.2) is 0 Å². The van der Waals surface area contributed by atoms with Crippen LogP contribution in [0, 0.1) is 11.3 Å². The molecule has 0 unspecified atom stereocenters. The molecule has 2 heteroatoms. The molecule has 0 radical (unpaired) electrons. The number of ether oxygens (including phenoxy) is 1. The molecule has 1 aliphatic rings. The molecule has 1 aliphatic carbocycles. The Hall–Kier alpha value is -1.31. The number of benzene rings is 1. The van der Waals surface area contributed by atoms with Gasteiger partial charge in [-0.1, -0.05) is 57.5 Å². The predicted molar refractivity (Wildman–Crippen MR) is 81.6 cm³/mol. The Morgan fingerprint density at radius 3 is 2.50 bits per heavy atom. The lowest BCUT2D eigenvalue weighted by Gasteiger charge is -2.30. The van der Waals surface area contributed by atoms with Crippen molar-refractivity contribution < 1.29 is 9.53 Å². The molecule has 20 heavy (non-hydrogen) atoms. The van der Waals surface area contributed by atoms with E-state index in [1.54, 1.807) is 0 Å². The summed E-state index contributed by atoms with van der Waals surface area (Å²) in [6.45, 7) is 7.13. The largest absolute Gasteiger partial charge is 0.465 e. The van der Waals surface area contributed by atoms with Crippen LogP contribution in [0.15, 0.2) is 30.3 Å². The van der Waals surface area contributed by atoms with E-state index >= 15 is 0 Å². The van der Waals surface area contributed by atoms with Gasteiger partial charge < -0.3 is 4.74 Å². The van der Waals surface area contributed by atoms with Gasteiger partial charge in [0.1, 0.15) is 0 Å². The van der Waals surface area contributed by atoms with E-state index in [1.807, 2.05) is 6.07 Å². The summed E-state index contributed by atoms with van der Waals surface area (Å²) in [5.41, 5.74) is 1.38. The second-order valence-electron chi connectivity index (χ2n) is 6.92. The van der Waals surface area contributed by atoms with Gasteiger partial charge in [-0.25, -0.2) is 0 Å². The standard InChI is InChI=1S/C18H26O2/c1-14(15-8-5-4-6-9-15)12-18(2,3)13-20-17(19)16-10-7-11-16/h4-6,8-9,14,16H,7,10-13H2,1-3H3/t14-/m1/s1. The summed E-state index contributed by atoms with van der Waals surface area (Å²) >= 11 is 0. The molecule has 0 amide bonds. The van der Waals surface area contributed by atoms with Gasteiger partial charge in [-0.15, -0.1) is 0 Å². The third-order valence-electron chi connectivity index (χ3n) is 4.27. The van der Waals surface area contributed by atoms with Crippen molar-refractivity contribution in [2.75, 3.05) is 6.61 Å². The molecule has 1 atom stereocenters. The Morgan fingerprint density at radius 1 is 1.30 bits per heavy atom. The first-order valence-corrected chi connectivity index (χ1v) is 7.69. The molecule has 1 saturated carbocycles. The maximum Gasteiger partial charge on any atom is 0.308 e. The van der Waals surface area contributed by atoms with E-state index in [-0.39, 0.29) is 17.3 Å². The van der Waals surface area contributed by atoms with E-state index in [0.717, 1.165) is 19.3 Å². The van der Waals surface area contributed by atoms with Gasteiger partial charge in [0, 0.05) is 0 Å². The minimum Gasteiger partial charge on any atom is -0.465 e. The first-order valence-electron chi connectivity index (χ1n) is 7.69. The van der Waals surface area contributed by atoms with Crippen molar-refractivity contribution in [2.24, 2.45) is 11.3 Å². The molecule has 0 bridgehead atoms. The maximum absolute atomic E-state index is 11.8. The lowest BCUT2D eigenvalue weighted by Crippen LogP contribution is -2.29. The van der Waals surface area contributed by atoms with Gasteiger partial charge in [0.2, 0.25) is 0 Å². The summed E-state index contributed by atoms with van der Waals surface area (Å²) in [7, 11) is 0. The number of carbonyl (C=O) groups is 1. The third-order valence-corrected chi connectivity index (χ3v) is 4.27. The number of rotatable bonds is 6. The van der Waals surface area contributed by atoms with E-state index < -0.39 is 0 Å². The quantitative estimate of drug-likeness (QED) is 0.711.